The van der Waals surface area contributed by atoms with Crippen molar-refractivity contribution >= 4 is 32.9 Å². The van der Waals surface area contributed by atoms with Crippen molar-refractivity contribution in [1.82, 2.24) is 15.3 Å². The Morgan fingerprint density at radius 1 is 1.15 bits per heavy atom. The third-order valence-electron chi connectivity index (χ3n) is 3.85. The second-order valence-corrected chi connectivity index (χ2v) is 6.62. The van der Waals surface area contributed by atoms with Gasteiger partial charge in [0, 0.05) is 11.0 Å². The molecule has 0 spiro atoms. The quantitative estimate of drug-likeness (QED) is 0.550. The van der Waals surface area contributed by atoms with E-state index in [1.54, 1.807) is 25.3 Å². The number of aromatic amines is 2. The van der Waals surface area contributed by atoms with Crippen LogP contribution in [0.5, 0.6) is 5.75 Å². The number of halogens is 1. The predicted octanol–water partition coefficient (Wildman–Crippen LogP) is 1.85. The van der Waals surface area contributed by atoms with Gasteiger partial charge >= 0.3 is 11.1 Å². The van der Waals surface area contributed by atoms with Crippen molar-refractivity contribution in [3.8, 4) is 5.75 Å². The molecule has 1 amide bonds. The van der Waals surface area contributed by atoms with E-state index in [2.05, 4.69) is 31.2 Å². The van der Waals surface area contributed by atoms with Gasteiger partial charge in [-0.3, -0.25) is 14.4 Å². The zero-order chi connectivity index (χ0) is 18.7. The fourth-order valence-electron chi connectivity index (χ4n) is 2.62. The van der Waals surface area contributed by atoms with Crippen LogP contribution in [0.15, 0.2) is 50.5 Å². The maximum absolute atomic E-state index is 12.2. The van der Waals surface area contributed by atoms with Crippen LogP contribution in [0.2, 0.25) is 0 Å². The maximum atomic E-state index is 12.2. The first-order chi connectivity index (χ1) is 12.5. The highest BCUT2D eigenvalue weighted by atomic mass is 79.9. The first-order valence-corrected chi connectivity index (χ1v) is 8.60. The molecule has 2 aromatic carbocycles. The molecule has 0 bridgehead atoms. The van der Waals surface area contributed by atoms with Gasteiger partial charge in [0.05, 0.1) is 24.6 Å². The van der Waals surface area contributed by atoms with Crippen molar-refractivity contribution in [3.63, 3.8) is 0 Å². The number of ether oxygens (including phenoxy) is 1. The molecule has 0 aliphatic carbocycles. The van der Waals surface area contributed by atoms with Crippen LogP contribution >= 0.6 is 15.9 Å². The highest BCUT2D eigenvalue weighted by Crippen LogP contribution is 2.20. The summed E-state index contributed by atoms with van der Waals surface area (Å²) in [6.07, 6.45) is 0.205. The number of aromatic nitrogens is 2. The molecule has 8 heteroatoms. The number of benzene rings is 2. The van der Waals surface area contributed by atoms with Crippen LogP contribution in [-0.2, 0) is 17.8 Å². The molecule has 26 heavy (non-hydrogen) atoms. The lowest BCUT2D eigenvalue weighted by atomic mass is 10.1. The molecule has 1 heterocycles. The first kappa shape index (κ1) is 17.9. The van der Waals surface area contributed by atoms with Gasteiger partial charge in [0.25, 0.3) is 0 Å². The van der Waals surface area contributed by atoms with Crippen molar-refractivity contribution in [1.29, 1.82) is 0 Å². The zero-order valence-corrected chi connectivity index (χ0v) is 15.5. The Morgan fingerprint density at radius 3 is 2.69 bits per heavy atom. The predicted molar refractivity (Wildman–Crippen MR) is 101 cm³/mol. The van der Waals surface area contributed by atoms with E-state index in [0.717, 1.165) is 10.0 Å². The van der Waals surface area contributed by atoms with E-state index in [4.69, 9.17) is 4.74 Å². The van der Waals surface area contributed by atoms with Crippen molar-refractivity contribution < 1.29 is 9.53 Å². The number of amides is 1. The molecule has 0 atom stereocenters. The molecule has 0 unspecified atom stereocenters. The number of rotatable bonds is 5. The van der Waals surface area contributed by atoms with Crippen LogP contribution in [0.4, 0.5) is 0 Å². The number of fused-ring (bicyclic) bond motifs is 1. The first-order valence-electron chi connectivity index (χ1n) is 7.80. The van der Waals surface area contributed by atoms with Crippen LogP contribution in [0, 0.1) is 0 Å². The van der Waals surface area contributed by atoms with Crippen molar-refractivity contribution in [3.05, 3.63) is 72.7 Å². The number of carbonyl (C=O) groups is 1. The fourth-order valence-corrected chi connectivity index (χ4v) is 3.13. The number of hydrogen-bond donors (Lipinski definition) is 3. The van der Waals surface area contributed by atoms with Gasteiger partial charge in [-0.2, -0.15) is 0 Å². The van der Waals surface area contributed by atoms with Gasteiger partial charge in [0.1, 0.15) is 5.75 Å². The Morgan fingerprint density at radius 2 is 1.92 bits per heavy atom. The standard InChI is InChI=1S/C18H16BrN3O4/c1-26-13-4-2-3-10(5-13)6-15(23)20-9-11-7-12(19)8-14-16(11)22-18(25)17(24)21-14/h2-5,7-8H,6,9H2,1H3,(H,20,23)(H,21,24)(H,22,25). The molecule has 7 nitrogen and oxygen atoms in total. The normalized spacial score (nSPS) is 10.7. The molecule has 0 aliphatic rings. The highest BCUT2D eigenvalue weighted by Gasteiger charge is 2.09. The molecule has 3 N–H and O–H groups in total. The van der Waals surface area contributed by atoms with E-state index in [0.29, 0.717) is 22.3 Å². The lowest BCUT2D eigenvalue weighted by Gasteiger charge is -2.10. The number of carbonyl (C=O) groups excluding carboxylic acids is 1. The summed E-state index contributed by atoms with van der Waals surface area (Å²) in [4.78, 5) is 40.4. The largest absolute Gasteiger partial charge is 0.497 e. The van der Waals surface area contributed by atoms with Crippen molar-refractivity contribution in [2.45, 2.75) is 13.0 Å². The van der Waals surface area contributed by atoms with Crippen LogP contribution in [0.25, 0.3) is 11.0 Å². The van der Waals surface area contributed by atoms with E-state index in [-0.39, 0.29) is 18.9 Å². The molecule has 134 valence electrons. The Bertz CT molecular complexity index is 1090. The SMILES string of the molecule is COc1cccc(CC(=O)NCc2cc(Br)cc3[nH]c(=O)c(=O)[nH]c23)c1. The third kappa shape index (κ3) is 4.02. The second kappa shape index (κ2) is 7.57. The van der Waals surface area contributed by atoms with E-state index in [1.807, 2.05) is 18.2 Å². The summed E-state index contributed by atoms with van der Waals surface area (Å²) in [5.74, 6) is 0.521. The summed E-state index contributed by atoms with van der Waals surface area (Å²) in [5, 5.41) is 2.82. The topological polar surface area (TPSA) is 104 Å². The van der Waals surface area contributed by atoms with E-state index in [1.165, 1.54) is 0 Å². The molecular formula is C18H16BrN3O4. The summed E-state index contributed by atoms with van der Waals surface area (Å²) >= 11 is 3.36. The van der Waals surface area contributed by atoms with Gasteiger partial charge in [-0.1, -0.05) is 28.1 Å². The van der Waals surface area contributed by atoms with Gasteiger partial charge in [-0.15, -0.1) is 0 Å². The van der Waals surface area contributed by atoms with Gasteiger partial charge in [0.2, 0.25) is 5.91 Å². The van der Waals surface area contributed by atoms with Gasteiger partial charge in [-0.05, 0) is 35.4 Å². The molecule has 1 aromatic heterocycles. The minimum atomic E-state index is -0.733. The number of nitrogens with one attached hydrogen (secondary N) is 3. The minimum absolute atomic E-state index is 0.168. The minimum Gasteiger partial charge on any atom is -0.497 e. The Hall–Kier alpha value is -2.87. The number of hydrogen-bond acceptors (Lipinski definition) is 4. The molecule has 0 aliphatic heterocycles. The third-order valence-corrected chi connectivity index (χ3v) is 4.31. The summed E-state index contributed by atoms with van der Waals surface area (Å²) in [6, 6.07) is 10.8. The van der Waals surface area contributed by atoms with Gasteiger partial charge in [0.15, 0.2) is 0 Å². The van der Waals surface area contributed by atoms with Crippen molar-refractivity contribution in [2.75, 3.05) is 7.11 Å². The Labute approximate surface area is 156 Å². The highest BCUT2D eigenvalue weighted by molar-refractivity contribution is 9.10. The van der Waals surface area contributed by atoms with Gasteiger partial charge in [-0.25, -0.2) is 0 Å². The van der Waals surface area contributed by atoms with E-state index < -0.39 is 11.1 Å². The average Bonchev–Trinajstić information content (AvgIpc) is 2.61. The summed E-state index contributed by atoms with van der Waals surface area (Å²) < 4.78 is 5.87. The van der Waals surface area contributed by atoms with Gasteiger partial charge < -0.3 is 20.0 Å². The number of H-pyrrole nitrogens is 2. The Kier molecular flexibility index (Phi) is 5.22. The van der Waals surface area contributed by atoms with Crippen LogP contribution in [0.1, 0.15) is 11.1 Å². The van der Waals surface area contributed by atoms with Crippen LogP contribution in [0.3, 0.4) is 0 Å². The molecular weight excluding hydrogens is 402 g/mol. The monoisotopic (exact) mass is 417 g/mol. The van der Waals surface area contributed by atoms with Crippen LogP contribution in [-0.4, -0.2) is 23.0 Å². The molecule has 0 saturated heterocycles. The second-order valence-electron chi connectivity index (χ2n) is 5.70. The lowest BCUT2D eigenvalue weighted by molar-refractivity contribution is -0.120. The molecule has 0 fully saturated rings. The molecule has 0 radical (unpaired) electrons. The summed E-state index contributed by atoms with van der Waals surface area (Å²) in [7, 11) is 1.57. The van der Waals surface area contributed by atoms with E-state index in [9.17, 15) is 14.4 Å². The molecule has 3 rings (SSSR count). The molecule has 0 saturated carbocycles. The van der Waals surface area contributed by atoms with Crippen LogP contribution < -0.4 is 21.2 Å². The zero-order valence-electron chi connectivity index (χ0n) is 13.9. The molecule has 3 aromatic rings. The summed E-state index contributed by atoms with van der Waals surface area (Å²) in [5.41, 5.74) is 1.04. The fraction of sp³-hybridized carbons (Fsp3) is 0.167. The summed E-state index contributed by atoms with van der Waals surface area (Å²) in [6.45, 7) is 0.209. The Balaban J connectivity index is 1.78. The smallest absolute Gasteiger partial charge is 0.314 e. The average molecular weight is 418 g/mol. The van der Waals surface area contributed by atoms with E-state index >= 15 is 0 Å². The lowest BCUT2D eigenvalue weighted by Crippen LogP contribution is -2.30. The van der Waals surface area contributed by atoms with Crippen molar-refractivity contribution in [2.24, 2.45) is 0 Å². The number of methoxy groups -OCH3 is 1. The maximum Gasteiger partial charge on any atom is 0.314 e.